The van der Waals surface area contributed by atoms with Gasteiger partial charge in [-0.25, -0.2) is 22.9 Å². The molecule has 22 heavy (non-hydrogen) atoms. The Balaban J connectivity index is 2.18. The van der Waals surface area contributed by atoms with Crippen molar-refractivity contribution in [1.29, 1.82) is 0 Å². The molecule has 2 aromatic rings. The van der Waals surface area contributed by atoms with Gasteiger partial charge < -0.3 is 5.11 Å². The number of aromatic nitrogens is 1. The van der Waals surface area contributed by atoms with Crippen LogP contribution in [-0.4, -0.2) is 31.0 Å². The molecule has 0 unspecified atom stereocenters. The molecule has 2 aromatic heterocycles. The van der Waals surface area contributed by atoms with Crippen LogP contribution >= 0.6 is 11.3 Å². The maximum absolute atomic E-state index is 12.3. The lowest BCUT2D eigenvalue weighted by Gasteiger charge is -2.23. The van der Waals surface area contributed by atoms with E-state index in [1.807, 2.05) is 31.4 Å². The molecule has 8 heteroatoms. The van der Waals surface area contributed by atoms with Gasteiger partial charge >= 0.3 is 5.97 Å². The fourth-order valence-corrected chi connectivity index (χ4v) is 3.82. The van der Waals surface area contributed by atoms with Crippen molar-refractivity contribution in [3.63, 3.8) is 0 Å². The Morgan fingerprint density at radius 1 is 1.41 bits per heavy atom. The van der Waals surface area contributed by atoms with Crippen LogP contribution in [0.5, 0.6) is 0 Å². The van der Waals surface area contributed by atoms with E-state index in [4.69, 9.17) is 5.11 Å². The van der Waals surface area contributed by atoms with Gasteiger partial charge in [0.25, 0.3) is 10.0 Å². The molecule has 0 aliphatic carbocycles. The monoisotopic (exact) mass is 340 g/mol. The number of carboxylic acid groups (broad SMARTS) is 1. The number of carbonyl (C=O) groups is 1. The molecule has 0 aliphatic heterocycles. The van der Waals surface area contributed by atoms with Crippen molar-refractivity contribution in [3.05, 3.63) is 46.3 Å². The Hall–Kier alpha value is -1.77. The third kappa shape index (κ3) is 3.70. The van der Waals surface area contributed by atoms with E-state index < -0.39 is 16.0 Å². The summed E-state index contributed by atoms with van der Waals surface area (Å²) in [4.78, 5) is 15.7. The van der Waals surface area contributed by atoms with Gasteiger partial charge in [-0.2, -0.15) is 0 Å². The first kappa shape index (κ1) is 16.6. The van der Waals surface area contributed by atoms with Crippen molar-refractivity contribution in [1.82, 2.24) is 9.71 Å². The predicted octanol–water partition coefficient (Wildman–Crippen LogP) is 2.10. The first-order valence-corrected chi connectivity index (χ1v) is 8.82. The number of hydrogen-bond acceptors (Lipinski definition) is 5. The van der Waals surface area contributed by atoms with Crippen LogP contribution in [0.1, 0.15) is 29.1 Å². The minimum Gasteiger partial charge on any atom is -0.478 e. The van der Waals surface area contributed by atoms with Crippen LogP contribution in [0.25, 0.3) is 0 Å². The number of pyridine rings is 1. The van der Waals surface area contributed by atoms with Crippen LogP contribution in [0.4, 0.5) is 0 Å². The van der Waals surface area contributed by atoms with Crippen LogP contribution in [0, 0.1) is 0 Å². The van der Waals surface area contributed by atoms with E-state index in [9.17, 15) is 13.2 Å². The molecule has 2 heterocycles. The molecule has 6 nitrogen and oxygen atoms in total. The Kier molecular flexibility index (Phi) is 4.64. The fraction of sp³-hybridized carbons (Fsp3) is 0.286. The van der Waals surface area contributed by atoms with Crippen molar-refractivity contribution < 1.29 is 18.3 Å². The van der Waals surface area contributed by atoms with Crippen molar-refractivity contribution in [3.8, 4) is 0 Å². The minimum atomic E-state index is -3.86. The van der Waals surface area contributed by atoms with Gasteiger partial charge in [0.15, 0.2) is 5.03 Å². The second-order valence-electron chi connectivity index (χ2n) is 5.37. The summed E-state index contributed by atoms with van der Waals surface area (Å²) >= 11 is 1.55. The van der Waals surface area contributed by atoms with E-state index in [0.717, 1.165) is 10.9 Å². The Bertz CT molecular complexity index is 768. The van der Waals surface area contributed by atoms with Gasteiger partial charge in [0.1, 0.15) is 0 Å². The lowest BCUT2D eigenvalue weighted by atomic mass is 9.92. The average molecular weight is 340 g/mol. The molecule has 0 aromatic carbocycles. The molecule has 0 radical (unpaired) electrons. The second-order valence-corrected chi connectivity index (χ2v) is 8.04. The zero-order chi connectivity index (χ0) is 16.4. The average Bonchev–Trinajstić information content (AvgIpc) is 3.01. The smallest absolute Gasteiger partial charge is 0.335 e. The first-order valence-electron chi connectivity index (χ1n) is 6.45. The number of nitrogens with zero attached hydrogens (tertiary/aromatic N) is 1. The van der Waals surface area contributed by atoms with Crippen LogP contribution in [0.2, 0.25) is 0 Å². The largest absolute Gasteiger partial charge is 0.478 e. The van der Waals surface area contributed by atoms with E-state index in [0.29, 0.717) is 0 Å². The van der Waals surface area contributed by atoms with Gasteiger partial charge in [0, 0.05) is 23.0 Å². The summed E-state index contributed by atoms with van der Waals surface area (Å²) in [6, 6.07) is 6.15. The number of rotatable bonds is 6. The number of aromatic carboxylic acids is 1. The van der Waals surface area contributed by atoms with E-state index in [1.165, 1.54) is 12.3 Å². The molecule has 0 spiro atoms. The van der Waals surface area contributed by atoms with E-state index in [2.05, 4.69) is 9.71 Å². The van der Waals surface area contributed by atoms with Crippen molar-refractivity contribution >= 4 is 27.3 Å². The topological polar surface area (TPSA) is 96.4 Å². The third-order valence-corrected chi connectivity index (χ3v) is 5.68. The van der Waals surface area contributed by atoms with Crippen LogP contribution < -0.4 is 4.72 Å². The lowest BCUT2D eigenvalue weighted by Crippen LogP contribution is -2.36. The standard InChI is InChI=1S/C14H16N2O4S2/c1-14(2,11-4-3-7-21-11)9-16-22(19,20)12-8-10(13(17)18)5-6-15-12/h3-8,16H,9H2,1-2H3,(H,17,18). The summed E-state index contributed by atoms with van der Waals surface area (Å²) in [5, 5.41) is 10.6. The number of hydrogen-bond donors (Lipinski definition) is 2. The maximum atomic E-state index is 12.3. The van der Waals surface area contributed by atoms with E-state index in [-0.39, 0.29) is 22.5 Å². The highest BCUT2D eigenvalue weighted by atomic mass is 32.2. The number of thiophene rings is 1. The lowest BCUT2D eigenvalue weighted by molar-refractivity contribution is 0.0696. The second kappa shape index (κ2) is 6.15. The maximum Gasteiger partial charge on any atom is 0.335 e. The molecule has 0 bridgehead atoms. The minimum absolute atomic E-state index is 0.118. The molecule has 0 atom stereocenters. The predicted molar refractivity (Wildman–Crippen MR) is 83.7 cm³/mol. The normalized spacial score (nSPS) is 12.3. The molecular weight excluding hydrogens is 324 g/mol. The number of sulfonamides is 1. The molecule has 0 aliphatic rings. The van der Waals surface area contributed by atoms with Crippen molar-refractivity contribution in [2.24, 2.45) is 0 Å². The Morgan fingerprint density at radius 2 is 2.14 bits per heavy atom. The summed E-state index contributed by atoms with van der Waals surface area (Å²) in [6.45, 7) is 4.06. The molecule has 0 amide bonds. The SMILES string of the molecule is CC(C)(CNS(=O)(=O)c1cc(C(=O)O)ccn1)c1cccs1. The number of nitrogens with one attached hydrogen (secondary N) is 1. The summed E-state index contributed by atoms with van der Waals surface area (Å²) < 4.78 is 27.0. The number of carboxylic acids is 1. The van der Waals surface area contributed by atoms with Gasteiger partial charge in [0.2, 0.25) is 0 Å². The molecular formula is C14H16N2O4S2. The molecule has 0 saturated heterocycles. The molecule has 2 rings (SSSR count). The molecule has 0 saturated carbocycles. The van der Waals surface area contributed by atoms with Gasteiger partial charge in [0.05, 0.1) is 5.56 Å². The summed E-state index contributed by atoms with van der Waals surface area (Å²) in [5.74, 6) is -1.20. The highest BCUT2D eigenvalue weighted by Crippen LogP contribution is 2.27. The molecule has 118 valence electrons. The van der Waals surface area contributed by atoms with Crippen molar-refractivity contribution in [2.45, 2.75) is 24.3 Å². The molecule has 0 fully saturated rings. The van der Waals surface area contributed by atoms with Gasteiger partial charge in [-0.05, 0) is 23.6 Å². The third-order valence-electron chi connectivity index (χ3n) is 3.15. The first-order chi connectivity index (χ1) is 10.2. The zero-order valence-corrected chi connectivity index (χ0v) is 13.7. The highest BCUT2D eigenvalue weighted by molar-refractivity contribution is 7.89. The van der Waals surface area contributed by atoms with Crippen LogP contribution in [0.15, 0.2) is 40.9 Å². The zero-order valence-electron chi connectivity index (χ0n) is 12.1. The quantitative estimate of drug-likeness (QED) is 0.839. The van der Waals surface area contributed by atoms with Crippen LogP contribution in [-0.2, 0) is 15.4 Å². The fourth-order valence-electron chi connectivity index (χ4n) is 1.79. The Morgan fingerprint density at radius 3 is 2.73 bits per heavy atom. The van der Waals surface area contributed by atoms with E-state index in [1.54, 1.807) is 11.3 Å². The molecule has 2 N–H and O–H groups in total. The van der Waals surface area contributed by atoms with Gasteiger partial charge in [-0.1, -0.05) is 19.9 Å². The van der Waals surface area contributed by atoms with E-state index >= 15 is 0 Å². The van der Waals surface area contributed by atoms with Gasteiger partial charge in [-0.3, -0.25) is 0 Å². The van der Waals surface area contributed by atoms with Crippen LogP contribution in [0.3, 0.4) is 0 Å². The Labute approximate surface area is 132 Å². The summed E-state index contributed by atoms with van der Waals surface area (Å²) in [6.07, 6.45) is 1.17. The highest BCUT2D eigenvalue weighted by Gasteiger charge is 2.26. The summed E-state index contributed by atoms with van der Waals surface area (Å²) in [7, 11) is -3.86. The van der Waals surface area contributed by atoms with Crippen molar-refractivity contribution in [2.75, 3.05) is 6.54 Å². The summed E-state index contributed by atoms with van der Waals surface area (Å²) in [5.41, 5.74) is -0.487. The van der Waals surface area contributed by atoms with Gasteiger partial charge in [-0.15, -0.1) is 11.3 Å².